The predicted molar refractivity (Wildman–Crippen MR) is 46.2 cm³/mol. The molecule has 1 aromatic rings. The van der Waals surface area contributed by atoms with Gasteiger partial charge in [0, 0.05) is 5.41 Å². The van der Waals surface area contributed by atoms with E-state index in [1.807, 2.05) is 0 Å². The fraction of sp³-hybridized carbons (Fsp3) is 0.444. The monoisotopic (exact) mass is 175 g/mol. The second-order valence-corrected chi connectivity index (χ2v) is 3.65. The molecule has 0 saturated heterocycles. The average Bonchev–Trinajstić information content (AvgIpc) is 2.85. The van der Waals surface area contributed by atoms with Gasteiger partial charge in [-0.2, -0.15) is 5.26 Å². The fourth-order valence-corrected chi connectivity index (χ4v) is 1.21. The van der Waals surface area contributed by atoms with Crippen molar-refractivity contribution < 1.29 is 0 Å². The molecule has 0 radical (unpaired) electrons. The number of aromatic amines is 1. The van der Waals surface area contributed by atoms with Crippen molar-refractivity contribution in [1.29, 1.82) is 5.26 Å². The molecular formula is C9H9N3O. The standard InChI is InChI=1S/C9H9N3O/c1-9(2-3-9)8-11-5-6(4-10)7(13)12-8/h5H,2-3H2,1H3,(H,11,12,13). The largest absolute Gasteiger partial charge is 0.309 e. The number of rotatable bonds is 1. The van der Waals surface area contributed by atoms with Crippen LogP contribution in [0.4, 0.5) is 0 Å². The van der Waals surface area contributed by atoms with Crippen LogP contribution in [0.3, 0.4) is 0 Å². The molecule has 0 atom stereocenters. The van der Waals surface area contributed by atoms with Crippen LogP contribution < -0.4 is 5.56 Å². The van der Waals surface area contributed by atoms with E-state index in [4.69, 9.17) is 5.26 Å². The Balaban J connectivity index is 2.49. The molecule has 1 fully saturated rings. The van der Waals surface area contributed by atoms with Gasteiger partial charge in [0.25, 0.3) is 5.56 Å². The van der Waals surface area contributed by atoms with E-state index in [0.29, 0.717) is 5.82 Å². The van der Waals surface area contributed by atoms with Crippen LogP contribution in [0.5, 0.6) is 0 Å². The summed E-state index contributed by atoms with van der Waals surface area (Å²) < 4.78 is 0. The van der Waals surface area contributed by atoms with Crippen molar-refractivity contribution in [3.8, 4) is 6.07 Å². The van der Waals surface area contributed by atoms with E-state index < -0.39 is 0 Å². The van der Waals surface area contributed by atoms with Crippen LogP contribution in [-0.2, 0) is 5.41 Å². The van der Waals surface area contributed by atoms with Crippen molar-refractivity contribution in [3.05, 3.63) is 27.9 Å². The van der Waals surface area contributed by atoms with E-state index >= 15 is 0 Å². The Morgan fingerprint density at radius 1 is 1.69 bits per heavy atom. The summed E-state index contributed by atoms with van der Waals surface area (Å²) in [5.74, 6) is 0.705. The first-order chi connectivity index (χ1) is 6.15. The molecule has 0 aliphatic heterocycles. The molecule has 0 unspecified atom stereocenters. The molecular weight excluding hydrogens is 166 g/mol. The molecule has 1 heterocycles. The van der Waals surface area contributed by atoms with E-state index in [1.165, 1.54) is 6.20 Å². The Labute approximate surface area is 75.2 Å². The minimum Gasteiger partial charge on any atom is -0.309 e. The van der Waals surface area contributed by atoms with Crippen LogP contribution in [0.2, 0.25) is 0 Å². The van der Waals surface area contributed by atoms with Crippen LogP contribution in [-0.4, -0.2) is 9.97 Å². The van der Waals surface area contributed by atoms with Gasteiger partial charge in [-0.1, -0.05) is 6.92 Å². The summed E-state index contributed by atoms with van der Waals surface area (Å²) in [5.41, 5.74) is -0.207. The summed E-state index contributed by atoms with van der Waals surface area (Å²) in [6.07, 6.45) is 3.46. The minimum absolute atomic E-state index is 0.0488. The van der Waals surface area contributed by atoms with Gasteiger partial charge in [-0.25, -0.2) is 4.98 Å². The second-order valence-electron chi connectivity index (χ2n) is 3.65. The molecule has 1 aromatic heterocycles. The Kier molecular flexibility index (Phi) is 1.49. The zero-order valence-corrected chi connectivity index (χ0v) is 7.29. The molecule has 0 spiro atoms. The van der Waals surface area contributed by atoms with Gasteiger partial charge in [-0.05, 0) is 12.8 Å². The highest BCUT2D eigenvalue weighted by atomic mass is 16.1. The number of nitriles is 1. The summed E-state index contributed by atoms with van der Waals surface area (Å²) >= 11 is 0. The summed E-state index contributed by atoms with van der Waals surface area (Å²) in [4.78, 5) is 17.9. The molecule has 2 rings (SSSR count). The predicted octanol–water partition coefficient (Wildman–Crippen LogP) is 0.693. The van der Waals surface area contributed by atoms with Crippen molar-refractivity contribution >= 4 is 0 Å². The van der Waals surface area contributed by atoms with E-state index in [2.05, 4.69) is 16.9 Å². The molecule has 1 N–H and O–H groups in total. The number of nitrogens with one attached hydrogen (secondary N) is 1. The lowest BCUT2D eigenvalue weighted by molar-refractivity contribution is 0.701. The second kappa shape index (κ2) is 2.43. The van der Waals surface area contributed by atoms with Crippen molar-refractivity contribution in [1.82, 2.24) is 9.97 Å². The first-order valence-corrected chi connectivity index (χ1v) is 4.16. The van der Waals surface area contributed by atoms with Crippen molar-refractivity contribution in [2.24, 2.45) is 0 Å². The van der Waals surface area contributed by atoms with Gasteiger partial charge < -0.3 is 4.98 Å². The molecule has 1 aliphatic carbocycles. The van der Waals surface area contributed by atoms with Gasteiger partial charge in [-0.3, -0.25) is 4.79 Å². The SMILES string of the molecule is CC1(c2ncc(C#N)c(=O)[nH]2)CC1. The maximum atomic E-state index is 11.2. The maximum Gasteiger partial charge on any atom is 0.268 e. The molecule has 13 heavy (non-hydrogen) atoms. The number of hydrogen-bond donors (Lipinski definition) is 1. The lowest BCUT2D eigenvalue weighted by Crippen LogP contribution is -2.18. The summed E-state index contributed by atoms with van der Waals surface area (Å²) in [6, 6.07) is 1.79. The Hall–Kier alpha value is -1.63. The molecule has 0 aromatic carbocycles. The van der Waals surface area contributed by atoms with Crippen LogP contribution in [0.1, 0.15) is 31.2 Å². The Morgan fingerprint density at radius 2 is 2.38 bits per heavy atom. The highest BCUT2D eigenvalue weighted by Crippen LogP contribution is 2.45. The highest BCUT2D eigenvalue weighted by Gasteiger charge is 2.41. The van der Waals surface area contributed by atoms with Gasteiger partial charge in [0.1, 0.15) is 17.5 Å². The van der Waals surface area contributed by atoms with Crippen LogP contribution in [0.15, 0.2) is 11.0 Å². The normalized spacial score (nSPS) is 17.8. The minimum atomic E-state index is -0.333. The number of aromatic nitrogens is 2. The average molecular weight is 175 g/mol. The van der Waals surface area contributed by atoms with Crippen molar-refractivity contribution in [3.63, 3.8) is 0 Å². The molecule has 4 nitrogen and oxygen atoms in total. The van der Waals surface area contributed by atoms with Crippen LogP contribution >= 0.6 is 0 Å². The van der Waals surface area contributed by atoms with Crippen molar-refractivity contribution in [2.75, 3.05) is 0 Å². The van der Waals surface area contributed by atoms with Gasteiger partial charge in [0.2, 0.25) is 0 Å². The topological polar surface area (TPSA) is 69.5 Å². The van der Waals surface area contributed by atoms with Gasteiger partial charge >= 0.3 is 0 Å². The summed E-state index contributed by atoms with van der Waals surface area (Å²) in [5, 5.41) is 8.52. The molecule has 66 valence electrons. The first kappa shape index (κ1) is 7.99. The maximum absolute atomic E-state index is 11.2. The van der Waals surface area contributed by atoms with E-state index in [0.717, 1.165) is 12.8 Å². The lowest BCUT2D eigenvalue weighted by Gasteiger charge is -2.05. The number of nitrogens with zero attached hydrogens (tertiary/aromatic N) is 2. The molecule has 1 aliphatic rings. The third-order valence-electron chi connectivity index (χ3n) is 2.49. The highest BCUT2D eigenvalue weighted by molar-refractivity contribution is 5.25. The van der Waals surface area contributed by atoms with Crippen molar-refractivity contribution in [2.45, 2.75) is 25.2 Å². The number of hydrogen-bond acceptors (Lipinski definition) is 3. The first-order valence-electron chi connectivity index (χ1n) is 4.16. The van der Waals surface area contributed by atoms with E-state index in [-0.39, 0.29) is 16.5 Å². The van der Waals surface area contributed by atoms with Crippen LogP contribution in [0.25, 0.3) is 0 Å². The zero-order valence-electron chi connectivity index (χ0n) is 7.29. The molecule has 0 bridgehead atoms. The molecule has 0 amide bonds. The quantitative estimate of drug-likeness (QED) is 0.682. The zero-order chi connectivity index (χ0) is 9.47. The third kappa shape index (κ3) is 1.22. The smallest absolute Gasteiger partial charge is 0.268 e. The summed E-state index contributed by atoms with van der Waals surface area (Å²) in [7, 11) is 0. The van der Waals surface area contributed by atoms with Crippen LogP contribution in [0, 0.1) is 11.3 Å². The molecule has 1 saturated carbocycles. The van der Waals surface area contributed by atoms with Gasteiger partial charge in [0.15, 0.2) is 0 Å². The number of H-pyrrole nitrogens is 1. The summed E-state index contributed by atoms with van der Waals surface area (Å²) in [6.45, 7) is 2.05. The Morgan fingerprint density at radius 3 is 2.85 bits per heavy atom. The van der Waals surface area contributed by atoms with E-state index in [9.17, 15) is 4.79 Å². The lowest BCUT2D eigenvalue weighted by atomic mass is 10.1. The van der Waals surface area contributed by atoms with E-state index in [1.54, 1.807) is 6.07 Å². The third-order valence-corrected chi connectivity index (χ3v) is 2.49. The fourth-order valence-electron chi connectivity index (χ4n) is 1.21. The van der Waals surface area contributed by atoms with Gasteiger partial charge in [-0.15, -0.1) is 0 Å². The van der Waals surface area contributed by atoms with Gasteiger partial charge in [0.05, 0.1) is 6.20 Å². The molecule has 4 heteroatoms. The Bertz CT molecular complexity index is 437.